The minimum Gasteiger partial charge on any atom is -0.445 e. The first-order valence-electron chi connectivity index (χ1n) is 9.25. The summed E-state index contributed by atoms with van der Waals surface area (Å²) in [4.78, 5) is 18.7. The predicted octanol–water partition coefficient (Wildman–Crippen LogP) is 2.34. The molecule has 0 spiro atoms. The lowest BCUT2D eigenvalue weighted by Gasteiger charge is -2.50. The lowest BCUT2D eigenvalue weighted by molar-refractivity contribution is -0.138. The van der Waals surface area contributed by atoms with Gasteiger partial charge in [-0.15, -0.1) is 0 Å². The number of piperidine rings is 1. The van der Waals surface area contributed by atoms with E-state index < -0.39 is 11.7 Å². The number of nitriles is 1. The number of aromatic nitrogens is 1. The second-order valence-electron chi connectivity index (χ2n) is 7.24. The third-order valence-electron chi connectivity index (χ3n) is 5.34. The molecule has 7 nitrogen and oxygen atoms in total. The van der Waals surface area contributed by atoms with Crippen LogP contribution < -0.4 is 0 Å². The number of carbonyl (C=O) groups is 1. The Morgan fingerprint density at radius 3 is 2.64 bits per heavy atom. The van der Waals surface area contributed by atoms with Crippen molar-refractivity contribution < 1.29 is 19.4 Å². The van der Waals surface area contributed by atoms with Crippen LogP contribution in [0.2, 0.25) is 0 Å². The highest BCUT2D eigenvalue weighted by atomic mass is 16.6. The Labute approximate surface area is 163 Å². The zero-order valence-corrected chi connectivity index (χ0v) is 15.3. The fraction of sp³-hybridized carbons (Fsp3) is 0.381. The maximum absolute atomic E-state index is 12.8. The zero-order valence-electron chi connectivity index (χ0n) is 15.3. The summed E-state index contributed by atoms with van der Waals surface area (Å²) in [6, 6.07) is 14.2. The molecule has 2 atom stereocenters. The van der Waals surface area contributed by atoms with E-state index in [-0.39, 0.29) is 31.5 Å². The van der Waals surface area contributed by atoms with Gasteiger partial charge in [-0.25, -0.2) is 4.79 Å². The lowest BCUT2D eigenvalue weighted by Crippen LogP contribution is -2.62. The molecule has 0 aliphatic carbocycles. The molecule has 2 unspecified atom stereocenters. The molecule has 2 aromatic rings. The number of ether oxygens (including phenoxy) is 2. The van der Waals surface area contributed by atoms with E-state index in [1.807, 2.05) is 30.3 Å². The van der Waals surface area contributed by atoms with Crippen molar-refractivity contribution in [2.45, 2.75) is 37.1 Å². The Hall–Kier alpha value is -2.95. The van der Waals surface area contributed by atoms with Crippen LogP contribution in [0.3, 0.4) is 0 Å². The van der Waals surface area contributed by atoms with Gasteiger partial charge in [0.25, 0.3) is 0 Å². The Morgan fingerprint density at radius 2 is 1.96 bits per heavy atom. The largest absolute Gasteiger partial charge is 0.445 e. The number of nitrogens with zero attached hydrogens (tertiary/aromatic N) is 3. The molecule has 1 amide bonds. The predicted molar refractivity (Wildman–Crippen MR) is 98.9 cm³/mol. The summed E-state index contributed by atoms with van der Waals surface area (Å²) >= 11 is 0. The smallest absolute Gasteiger partial charge is 0.410 e. The highest BCUT2D eigenvalue weighted by Crippen LogP contribution is 2.41. The fourth-order valence-electron chi connectivity index (χ4n) is 4.13. The Kier molecular flexibility index (Phi) is 4.99. The molecule has 7 heteroatoms. The molecule has 0 saturated carbocycles. The van der Waals surface area contributed by atoms with E-state index in [0.717, 1.165) is 5.56 Å². The molecule has 2 fully saturated rings. The van der Waals surface area contributed by atoms with E-state index >= 15 is 0 Å². The van der Waals surface area contributed by atoms with E-state index in [4.69, 9.17) is 9.47 Å². The van der Waals surface area contributed by atoms with Crippen molar-refractivity contribution >= 4 is 6.09 Å². The minimum absolute atomic E-state index is 0.194. The number of hydrogen-bond donors (Lipinski definition) is 1. The summed E-state index contributed by atoms with van der Waals surface area (Å²) in [6.45, 7) is 0.821. The molecule has 2 bridgehead atoms. The standard InChI is InChI=1S/C21H21N3O4/c22-11-16-7-4-8-23-19(16)21(26)9-17-13-27-14-18(10-21)24(17)20(25)28-12-15-5-2-1-3-6-15/h1-8,17-18,26H,9-10,12-14H2. The van der Waals surface area contributed by atoms with Gasteiger partial charge in [-0.05, 0) is 17.7 Å². The van der Waals surface area contributed by atoms with Crippen LogP contribution in [0.5, 0.6) is 0 Å². The maximum Gasteiger partial charge on any atom is 0.410 e. The van der Waals surface area contributed by atoms with Gasteiger partial charge < -0.3 is 14.6 Å². The van der Waals surface area contributed by atoms with Gasteiger partial charge in [0.2, 0.25) is 0 Å². The van der Waals surface area contributed by atoms with E-state index in [1.165, 1.54) is 0 Å². The van der Waals surface area contributed by atoms with Crippen LogP contribution in [-0.2, 0) is 21.7 Å². The summed E-state index contributed by atoms with van der Waals surface area (Å²) in [6.07, 6.45) is 1.65. The summed E-state index contributed by atoms with van der Waals surface area (Å²) in [5, 5.41) is 20.7. The molecule has 3 heterocycles. The first-order chi connectivity index (χ1) is 13.6. The van der Waals surface area contributed by atoms with Crippen molar-refractivity contribution in [3.63, 3.8) is 0 Å². The third-order valence-corrected chi connectivity index (χ3v) is 5.34. The number of hydrogen-bond acceptors (Lipinski definition) is 6. The Bertz CT molecular complexity index is 882. The van der Waals surface area contributed by atoms with Crippen LogP contribution >= 0.6 is 0 Å². The van der Waals surface area contributed by atoms with E-state index in [0.29, 0.717) is 24.5 Å². The van der Waals surface area contributed by atoms with Crippen molar-refractivity contribution in [2.24, 2.45) is 0 Å². The number of pyridine rings is 1. The quantitative estimate of drug-likeness (QED) is 0.879. The van der Waals surface area contributed by atoms with Crippen molar-refractivity contribution in [3.8, 4) is 6.07 Å². The van der Waals surface area contributed by atoms with Gasteiger partial charge in [0, 0.05) is 19.0 Å². The van der Waals surface area contributed by atoms with Gasteiger partial charge >= 0.3 is 6.09 Å². The summed E-state index contributed by atoms with van der Waals surface area (Å²) < 4.78 is 11.1. The van der Waals surface area contributed by atoms with Crippen LogP contribution in [0.1, 0.15) is 29.7 Å². The second-order valence-corrected chi connectivity index (χ2v) is 7.24. The summed E-state index contributed by atoms with van der Waals surface area (Å²) in [7, 11) is 0. The molecule has 1 N–H and O–H groups in total. The van der Waals surface area contributed by atoms with Crippen LogP contribution in [-0.4, -0.2) is 46.4 Å². The van der Waals surface area contributed by atoms with E-state index in [2.05, 4.69) is 11.1 Å². The number of aliphatic hydroxyl groups is 1. The Balaban J connectivity index is 1.52. The number of rotatable bonds is 3. The lowest BCUT2D eigenvalue weighted by atomic mass is 9.78. The first-order valence-corrected chi connectivity index (χ1v) is 9.25. The van der Waals surface area contributed by atoms with Gasteiger partial charge in [0.1, 0.15) is 18.3 Å². The monoisotopic (exact) mass is 379 g/mol. The van der Waals surface area contributed by atoms with Gasteiger partial charge in [-0.2, -0.15) is 5.26 Å². The molecule has 28 heavy (non-hydrogen) atoms. The van der Waals surface area contributed by atoms with Crippen molar-refractivity contribution in [2.75, 3.05) is 13.2 Å². The maximum atomic E-state index is 12.8. The van der Waals surface area contributed by atoms with E-state index in [1.54, 1.807) is 23.2 Å². The molecule has 1 aromatic heterocycles. The van der Waals surface area contributed by atoms with Crippen molar-refractivity contribution in [1.29, 1.82) is 5.26 Å². The number of benzene rings is 1. The molecule has 2 aliphatic heterocycles. The molecule has 2 aliphatic rings. The first kappa shape index (κ1) is 18.4. The van der Waals surface area contributed by atoms with Crippen LogP contribution in [0.15, 0.2) is 48.7 Å². The third kappa shape index (κ3) is 3.44. The van der Waals surface area contributed by atoms with Gasteiger partial charge in [-0.1, -0.05) is 30.3 Å². The minimum atomic E-state index is -1.28. The SMILES string of the molecule is N#Cc1cccnc1C1(O)CC2COCC(C1)N2C(=O)OCc1ccccc1. The summed E-state index contributed by atoms with van der Waals surface area (Å²) in [5.41, 5.74) is 0.357. The van der Waals surface area contributed by atoms with Crippen molar-refractivity contribution in [1.82, 2.24) is 9.88 Å². The van der Waals surface area contributed by atoms with Crippen LogP contribution in [0.25, 0.3) is 0 Å². The fourth-order valence-corrected chi connectivity index (χ4v) is 4.13. The normalized spacial score (nSPS) is 26.4. The summed E-state index contributed by atoms with van der Waals surface area (Å²) in [5.74, 6) is 0. The molecule has 0 radical (unpaired) electrons. The van der Waals surface area contributed by atoms with Crippen LogP contribution in [0, 0.1) is 11.3 Å². The molecule has 2 saturated heterocycles. The molecular weight excluding hydrogens is 358 g/mol. The van der Waals surface area contributed by atoms with Crippen molar-refractivity contribution in [3.05, 3.63) is 65.5 Å². The highest BCUT2D eigenvalue weighted by Gasteiger charge is 2.50. The zero-order chi connectivity index (χ0) is 19.6. The highest BCUT2D eigenvalue weighted by molar-refractivity contribution is 5.69. The topological polar surface area (TPSA) is 95.7 Å². The Morgan fingerprint density at radius 1 is 1.25 bits per heavy atom. The molecule has 1 aromatic carbocycles. The van der Waals surface area contributed by atoms with Gasteiger partial charge in [0.05, 0.1) is 36.6 Å². The molecule has 4 rings (SSSR count). The van der Waals surface area contributed by atoms with E-state index in [9.17, 15) is 15.2 Å². The molecule has 144 valence electrons. The molecular formula is C21H21N3O4. The number of morpholine rings is 1. The van der Waals surface area contributed by atoms with Crippen LogP contribution in [0.4, 0.5) is 4.79 Å². The van der Waals surface area contributed by atoms with Gasteiger partial charge in [-0.3, -0.25) is 9.88 Å². The second kappa shape index (κ2) is 7.58. The van der Waals surface area contributed by atoms with Gasteiger partial charge in [0.15, 0.2) is 0 Å². The average molecular weight is 379 g/mol. The number of amides is 1. The number of fused-ring (bicyclic) bond motifs is 2. The average Bonchev–Trinajstić information content (AvgIpc) is 2.72. The number of carbonyl (C=O) groups excluding carboxylic acids is 1.